The van der Waals surface area contributed by atoms with E-state index in [1.165, 1.54) is 12.8 Å². The minimum absolute atomic E-state index is 0.269. The van der Waals surface area contributed by atoms with Crippen LogP contribution in [0, 0.1) is 0 Å². The molecule has 2 heterocycles. The summed E-state index contributed by atoms with van der Waals surface area (Å²) in [5.41, 5.74) is 6.03. The average molecular weight is 263 g/mol. The van der Waals surface area contributed by atoms with Gasteiger partial charge in [0.05, 0.1) is 0 Å². The van der Waals surface area contributed by atoms with Gasteiger partial charge in [-0.05, 0) is 19.3 Å². The molecule has 106 valence electrons. The topological polar surface area (TPSA) is 58.3 Å². The summed E-state index contributed by atoms with van der Waals surface area (Å²) < 4.78 is 0. The van der Waals surface area contributed by atoms with Gasteiger partial charge >= 0.3 is 0 Å². The van der Waals surface area contributed by atoms with E-state index in [2.05, 4.69) is 39.8 Å². The zero-order valence-electron chi connectivity index (χ0n) is 12.0. The smallest absolute Gasteiger partial charge is 0.134 e. The van der Waals surface area contributed by atoms with E-state index in [4.69, 9.17) is 5.73 Å². The van der Waals surface area contributed by atoms with Gasteiger partial charge in [0.2, 0.25) is 0 Å². The van der Waals surface area contributed by atoms with Gasteiger partial charge in [0.15, 0.2) is 0 Å². The summed E-state index contributed by atoms with van der Waals surface area (Å²) in [7, 11) is 2.09. The van der Waals surface area contributed by atoms with E-state index >= 15 is 0 Å². The van der Waals surface area contributed by atoms with Crippen molar-refractivity contribution in [2.24, 2.45) is 5.73 Å². The largest absolute Gasteiger partial charge is 0.360 e. The lowest BCUT2D eigenvalue weighted by Gasteiger charge is -2.32. The van der Waals surface area contributed by atoms with Crippen LogP contribution in [-0.4, -0.2) is 42.7 Å². The summed E-state index contributed by atoms with van der Waals surface area (Å²) in [4.78, 5) is 13.2. The Bertz CT molecular complexity index is 395. The number of hydrogen-bond acceptors (Lipinski definition) is 5. The molecule has 1 aromatic heterocycles. The highest BCUT2D eigenvalue weighted by Crippen LogP contribution is 2.20. The molecule has 1 fully saturated rings. The second-order valence-corrected chi connectivity index (χ2v) is 5.36. The Morgan fingerprint density at radius 1 is 1.47 bits per heavy atom. The minimum atomic E-state index is 0.269. The highest BCUT2D eigenvalue weighted by molar-refractivity contribution is 5.50. The van der Waals surface area contributed by atoms with Crippen molar-refractivity contribution in [2.45, 2.75) is 38.6 Å². The summed E-state index contributed by atoms with van der Waals surface area (Å²) >= 11 is 0. The van der Waals surface area contributed by atoms with Gasteiger partial charge in [0.1, 0.15) is 18.0 Å². The van der Waals surface area contributed by atoms with Crippen LogP contribution < -0.4 is 15.5 Å². The molecule has 0 aromatic carbocycles. The first-order chi connectivity index (χ1) is 9.20. The maximum Gasteiger partial charge on any atom is 0.134 e. The van der Waals surface area contributed by atoms with Gasteiger partial charge < -0.3 is 15.5 Å². The number of hydrogen-bond donors (Lipinski definition) is 1. The Kier molecular flexibility index (Phi) is 4.96. The molecule has 0 bridgehead atoms. The molecule has 2 rings (SSSR count). The molecule has 0 amide bonds. The Morgan fingerprint density at radius 2 is 2.32 bits per heavy atom. The molecule has 1 saturated heterocycles. The number of aromatic nitrogens is 2. The van der Waals surface area contributed by atoms with Gasteiger partial charge in [-0.1, -0.05) is 13.3 Å². The Morgan fingerprint density at radius 3 is 3.05 bits per heavy atom. The van der Waals surface area contributed by atoms with Crippen LogP contribution in [-0.2, 0) is 0 Å². The molecule has 1 atom stereocenters. The Labute approximate surface area is 115 Å². The first-order valence-corrected chi connectivity index (χ1v) is 7.24. The molecule has 0 spiro atoms. The van der Waals surface area contributed by atoms with Crippen molar-refractivity contribution in [3.63, 3.8) is 0 Å². The van der Waals surface area contributed by atoms with Crippen LogP contribution in [0.25, 0.3) is 0 Å². The molecule has 0 radical (unpaired) electrons. The highest BCUT2D eigenvalue weighted by atomic mass is 15.2. The van der Waals surface area contributed by atoms with E-state index in [0.717, 1.165) is 44.1 Å². The zero-order chi connectivity index (χ0) is 13.7. The monoisotopic (exact) mass is 263 g/mol. The van der Waals surface area contributed by atoms with Gasteiger partial charge in [0, 0.05) is 38.8 Å². The fraction of sp³-hybridized carbons (Fsp3) is 0.714. The lowest BCUT2D eigenvalue weighted by Crippen LogP contribution is -2.43. The van der Waals surface area contributed by atoms with E-state index in [0.29, 0.717) is 0 Å². The van der Waals surface area contributed by atoms with Gasteiger partial charge in [-0.25, -0.2) is 9.97 Å². The van der Waals surface area contributed by atoms with Crippen molar-refractivity contribution >= 4 is 11.6 Å². The third-order valence-electron chi connectivity index (χ3n) is 3.66. The molecule has 5 nitrogen and oxygen atoms in total. The Hall–Kier alpha value is -1.36. The fourth-order valence-corrected chi connectivity index (χ4v) is 2.45. The SMILES string of the molecule is CCCCN(C)c1cc(N2CCCC(N)C2)ncn1. The van der Waals surface area contributed by atoms with E-state index < -0.39 is 0 Å². The third kappa shape index (κ3) is 3.80. The van der Waals surface area contributed by atoms with Gasteiger partial charge in [-0.2, -0.15) is 0 Å². The van der Waals surface area contributed by atoms with Crippen molar-refractivity contribution in [1.82, 2.24) is 9.97 Å². The molecule has 5 heteroatoms. The van der Waals surface area contributed by atoms with Crippen LogP contribution in [0.15, 0.2) is 12.4 Å². The lowest BCUT2D eigenvalue weighted by atomic mass is 10.1. The molecule has 0 saturated carbocycles. The third-order valence-corrected chi connectivity index (χ3v) is 3.66. The molecule has 0 aliphatic carbocycles. The summed E-state index contributed by atoms with van der Waals surface area (Å²) in [5.74, 6) is 2.00. The van der Waals surface area contributed by atoms with Crippen LogP contribution >= 0.6 is 0 Å². The predicted octanol–water partition coefficient (Wildman–Crippen LogP) is 1.64. The van der Waals surface area contributed by atoms with Crippen LogP contribution in [0.2, 0.25) is 0 Å². The van der Waals surface area contributed by atoms with Crippen molar-refractivity contribution < 1.29 is 0 Å². The first kappa shape index (κ1) is 14.1. The summed E-state index contributed by atoms with van der Waals surface area (Å²) in [5, 5.41) is 0. The van der Waals surface area contributed by atoms with Crippen LogP contribution in [0.3, 0.4) is 0 Å². The number of piperidine rings is 1. The molecule has 19 heavy (non-hydrogen) atoms. The van der Waals surface area contributed by atoms with E-state index in [1.54, 1.807) is 6.33 Å². The van der Waals surface area contributed by atoms with Crippen LogP contribution in [0.5, 0.6) is 0 Å². The second-order valence-electron chi connectivity index (χ2n) is 5.36. The van der Waals surface area contributed by atoms with E-state index in [-0.39, 0.29) is 6.04 Å². The van der Waals surface area contributed by atoms with Crippen molar-refractivity contribution in [1.29, 1.82) is 0 Å². The van der Waals surface area contributed by atoms with Gasteiger partial charge in [-0.3, -0.25) is 0 Å². The Balaban J connectivity index is 2.05. The number of anilines is 2. The summed E-state index contributed by atoms with van der Waals surface area (Å²) in [6, 6.07) is 2.35. The number of nitrogens with two attached hydrogens (primary N) is 1. The normalized spacial score (nSPS) is 19.5. The minimum Gasteiger partial charge on any atom is -0.360 e. The van der Waals surface area contributed by atoms with E-state index in [9.17, 15) is 0 Å². The molecule has 1 aliphatic rings. The molecule has 1 unspecified atom stereocenters. The van der Waals surface area contributed by atoms with Crippen molar-refractivity contribution in [3.05, 3.63) is 12.4 Å². The van der Waals surface area contributed by atoms with E-state index in [1.807, 2.05) is 0 Å². The van der Waals surface area contributed by atoms with Crippen LogP contribution in [0.4, 0.5) is 11.6 Å². The number of rotatable bonds is 5. The maximum atomic E-state index is 6.03. The molecular weight excluding hydrogens is 238 g/mol. The average Bonchev–Trinajstić information content (AvgIpc) is 2.45. The van der Waals surface area contributed by atoms with Crippen LogP contribution in [0.1, 0.15) is 32.6 Å². The fourth-order valence-electron chi connectivity index (χ4n) is 2.45. The second kappa shape index (κ2) is 6.70. The number of unbranched alkanes of at least 4 members (excludes halogenated alkanes) is 1. The molecule has 1 aromatic rings. The van der Waals surface area contributed by atoms with Crippen molar-refractivity contribution in [2.75, 3.05) is 36.5 Å². The summed E-state index contributed by atoms with van der Waals surface area (Å²) in [6.07, 6.45) is 6.30. The zero-order valence-corrected chi connectivity index (χ0v) is 12.0. The quantitative estimate of drug-likeness (QED) is 0.875. The maximum absolute atomic E-state index is 6.03. The highest BCUT2D eigenvalue weighted by Gasteiger charge is 2.18. The first-order valence-electron chi connectivity index (χ1n) is 7.24. The molecular formula is C14H25N5. The van der Waals surface area contributed by atoms with Crippen molar-refractivity contribution in [3.8, 4) is 0 Å². The summed E-state index contributed by atoms with van der Waals surface area (Å²) in [6.45, 7) is 5.18. The lowest BCUT2D eigenvalue weighted by molar-refractivity contribution is 0.503. The standard InChI is InChI=1S/C14H25N5/c1-3-4-7-18(2)13-9-14(17-11-16-13)19-8-5-6-12(15)10-19/h9,11-12H,3-8,10,15H2,1-2H3. The molecule has 2 N–H and O–H groups in total. The van der Waals surface area contributed by atoms with Gasteiger partial charge in [0.25, 0.3) is 0 Å². The predicted molar refractivity (Wildman–Crippen MR) is 79.6 cm³/mol. The van der Waals surface area contributed by atoms with Gasteiger partial charge in [-0.15, -0.1) is 0 Å². The number of nitrogens with zero attached hydrogens (tertiary/aromatic N) is 4. The molecule has 1 aliphatic heterocycles.